The summed E-state index contributed by atoms with van der Waals surface area (Å²) in [4.78, 5) is 18.6. The molecule has 2 heterocycles. The van der Waals surface area contributed by atoms with Crippen molar-refractivity contribution in [3.8, 4) is 10.6 Å². The zero-order valence-corrected chi connectivity index (χ0v) is 14.6. The van der Waals surface area contributed by atoms with Gasteiger partial charge in [0.1, 0.15) is 5.01 Å². The fraction of sp³-hybridized carbons (Fsp3) is 0.278. The van der Waals surface area contributed by atoms with E-state index in [0.717, 1.165) is 37.7 Å². The highest BCUT2D eigenvalue weighted by Crippen LogP contribution is 2.44. The van der Waals surface area contributed by atoms with Gasteiger partial charge < -0.3 is 0 Å². The quantitative estimate of drug-likeness (QED) is 0.628. The second-order valence-corrected chi connectivity index (χ2v) is 7.70. The molecule has 1 aromatic carbocycles. The first-order valence-corrected chi connectivity index (χ1v) is 9.31. The summed E-state index contributed by atoms with van der Waals surface area (Å²) in [5.74, 6) is 0.640. The minimum Gasteiger partial charge on any atom is -0.288 e. The van der Waals surface area contributed by atoms with Crippen LogP contribution in [0.5, 0.6) is 0 Å². The molecule has 0 bridgehead atoms. The predicted octanol–water partition coefficient (Wildman–Crippen LogP) is 4.99. The maximum atomic E-state index is 13.1. The molecule has 0 atom stereocenters. The molecule has 0 aliphatic heterocycles. The fourth-order valence-corrected chi connectivity index (χ4v) is 4.68. The SMILES string of the molecule is Cc1ccc(C(=O)c2cnsc2C2CC2)c(C)c1-c1nccs1. The van der Waals surface area contributed by atoms with E-state index in [2.05, 4.69) is 16.3 Å². The Hall–Kier alpha value is -1.85. The average Bonchev–Trinajstić information content (AvgIpc) is 3.04. The van der Waals surface area contributed by atoms with Crippen LogP contribution in [0.4, 0.5) is 0 Å². The molecule has 2 aromatic heterocycles. The van der Waals surface area contributed by atoms with Crippen molar-refractivity contribution in [2.45, 2.75) is 32.6 Å². The van der Waals surface area contributed by atoms with Gasteiger partial charge in [0.15, 0.2) is 5.78 Å². The minimum atomic E-state index is 0.0935. The molecule has 1 aliphatic rings. The molecule has 0 unspecified atom stereocenters. The maximum Gasteiger partial charge on any atom is 0.196 e. The molecule has 0 N–H and O–H groups in total. The zero-order valence-electron chi connectivity index (χ0n) is 13.0. The summed E-state index contributed by atoms with van der Waals surface area (Å²) in [6.07, 6.45) is 5.91. The predicted molar refractivity (Wildman–Crippen MR) is 94.5 cm³/mol. The molecule has 0 radical (unpaired) electrons. The number of nitrogens with zero attached hydrogens (tertiary/aromatic N) is 2. The number of hydrogen-bond donors (Lipinski definition) is 0. The number of benzene rings is 1. The molecule has 1 saturated carbocycles. The van der Waals surface area contributed by atoms with Gasteiger partial charge in [-0.3, -0.25) is 4.79 Å². The highest BCUT2D eigenvalue weighted by molar-refractivity contribution is 7.13. The van der Waals surface area contributed by atoms with Gasteiger partial charge in [0, 0.05) is 27.6 Å². The van der Waals surface area contributed by atoms with E-state index in [1.807, 2.05) is 24.4 Å². The van der Waals surface area contributed by atoms with Gasteiger partial charge >= 0.3 is 0 Å². The average molecular weight is 340 g/mol. The van der Waals surface area contributed by atoms with Crippen LogP contribution in [-0.2, 0) is 0 Å². The highest BCUT2D eigenvalue weighted by Gasteiger charge is 2.31. The van der Waals surface area contributed by atoms with Gasteiger partial charge in [-0.2, -0.15) is 0 Å². The Bertz CT molecular complexity index is 877. The van der Waals surface area contributed by atoms with Crippen molar-refractivity contribution in [2.75, 3.05) is 0 Å². The molecule has 1 fully saturated rings. The second kappa shape index (κ2) is 5.65. The van der Waals surface area contributed by atoms with E-state index in [-0.39, 0.29) is 5.78 Å². The summed E-state index contributed by atoms with van der Waals surface area (Å²) in [5, 5.41) is 2.94. The van der Waals surface area contributed by atoms with Crippen LogP contribution in [0, 0.1) is 13.8 Å². The summed E-state index contributed by atoms with van der Waals surface area (Å²) < 4.78 is 4.26. The van der Waals surface area contributed by atoms with Crippen molar-refractivity contribution in [1.29, 1.82) is 0 Å². The first-order valence-electron chi connectivity index (χ1n) is 7.66. The van der Waals surface area contributed by atoms with Crippen molar-refractivity contribution < 1.29 is 4.79 Å². The van der Waals surface area contributed by atoms with E-state index < -0.39 is 0 Å². The highest BCUT2D eigenvalue weighted by atomic mass is 32.1. The van der Waals surface area contributed by atoms with Crippen molar-refractivity contribution in [3.05, 3.63) is 57.0 Å². The van der Waals surface area contributed by atoms with Crippen molar-refractivity contribution >= 4 is 28.7 Å². The Morgan fingerprint density at radius 2 is 2.04 bits per heavy atom. The van der Waals surface area contributed by atoms with E-state index in [1.54, 1.807) is 23.7 Å². The molecule has 3 nitrogen and oxygen atoms in total. The molecule has 0 spiro atoms. The normalized spacial score (nSPS) is 14.2. The van der Waals surface area contributed by atoms with Crippen LogP contribution in [0.2, 0.25) is 0 Å². The number of rotatable bonds is 4. The third kappa shape index (κ3) is 2.54. The lowest BCUT2D eigenvalue weighted by molar-refractivity contribution is 0.103. The van der Waals surface area contributed by atoms with E-state index in [4.69, 9.17) is 0 Å². The summed E-state index contributed by atoms with van der Waals surface area (Å²) in [6, 6.07) is 3.96. The molecule has 3 aromatic rings. The Labute approximate surface area is 143 Å². The van der Waals surface area contributed by atoms with E-state index in [1.165, 1.54) is 24.4 Å². The molecule has 0 amide bonds. The standard InChI is InChI=1S/C18H16N2OS2/c1-10-3-6-13(11(2)15(10)18-19-7-8-22-18)16(21)14-9-20-23-17(14)12-4-5-12/h3,6-9,12H,4-5H2,1-2H3. The molecule has 116 valence electrons. The Morgan fingerprint density at radius 3 is 2.74 bits per heavy atom. The van der Waals surface area contributed by atoms with Crippen LogP contribution in [0.25, 0.3) is 10.6 Å². The fourth-order valence-electron chi connectivity index (χ4n) is 2.97. The van der Waals surface area contributed by atoms with Crippen molar-refractivity contribution in [3.63, 3.8) is 0 Å². The Balaban J connectivity index is 1.81. The first kappa shape index (κ1) is 14.7. The first-order chi connectivity index (χ1) is 11.2. The Morgan fingerprint density at radius 1 is 1.22 bits per heavy atom. The number of hydrogen-bond acceptors (Lipinski definition) is 5. The van der Waals surface area contributed by atoms with Crippen LogP contribution in [0.3, 0.4) is 0 Å². The number of thiazole rings is 1. The Kier molecular flexibility index (Phi) is 3.62. The lowest BCUT2D eigenvalue weighted by Gasteiger charge is -2.12. The van der Waals surface area contributed by atoms with Crippen LogP contribution in [-0.4, -0.2) is 15.1 Å². The van der Waals surface area contributed by atoms with Crippen molar-refractivity contribution in [2.24, 2.45) is 0 Å². The van der Waals surface area contributed by atoms with Crippen LogP contribution in [0.15, 0.2) is 29.9 Å². The molecule has 4 rings (SSSR count). The van der Waals surface area contributed by atoms with Crippen molar-refractivity contribution in [1.82, 2.24) is 9.36 Å². The molecule has 5 heteroatoms. The smallest absolute Gasteiger partial charge is 0.196 e. The van der Waals surface area contributed by atoms with Gasteiger partial charge in [-0.15, -0.1) is 11.3 Å². The van der Waals surface area contributed by atoms with Gasteiger partial charge in [-0.1, -0.05) is 12.1 Å². The number of aromatic nitrogens is 2. The maximum absolute atomic E-state index is 13.1. The topological polar surface area (TPSA) is 42.9 Å². The number of carbonyl (C=O) groups excluding carboxylic acids is 1. The largest absolute Gasteiger partial charge is 0.288 e. The van der Waals surface area contributed by atoms with Gasteiger partial charge in [-0.05, 0) is 55.3 Å². The summed E-state index contributed by atoms with van der Waals surface area (Å²) in [5.41, 5.74) is 4.80. The van der Waals surface area contributed by atoms with Gasteiger partial charge in [0.25, 0.3) is 0 Å². The lowest BCUT2D eigenvalue weighted by Crippen LogP contribution is -2.06. The van der Waals surface area contributed by atoms with E-state index in [0.29, 0.717) is 5.92 Å². The summed E-state index contributed by atoms with van der Waals surface area (Å²) in [6.45, 7) is 4.09. The summed E-state index contributed by atoms with van der Waals surface area (Å²) >= 11 is 3.08. The van der Waals surface area contributed by atoms with Crippen LogP contribution >= 0.6 is 22.9 Å². The molecular weight excluding hydrogens is 324 g/mol. The minimum absolute atomic E-state index is 0.0935. The zero-order chi connectivity index (χ0) is 16.0. The van der Waals surface area contributed by atoms with Gasteiger partial charge in [-0.25, -0.2) is 9.36 Å². The monoisotopic (exact) mass is 340 g/mol. The number of aryl methyl sites for hydroxylation is 1. The van der Waals surface area contributed by atoms with Gasteiger partial charge in [0.05, 0.1) is 11.8 Å². The van der Waals surface area contributed by atoms with Crippen LogP contribution in [0.1, 0.15) is 50.7 Å². The molecule has 23 heavy (non-hydrogen) atoms. The number of ketones is 1. The third-order valence-electron chi connectivity index (χ3n) is 4.36. The van der Waals surface area contributed by atoms with E-state index in [9.17, 15) is 4.79 Å². The second-order valence-electron chi connectivity index (χ2n) is 5.97. The van der Waals surface area contributed by atoms with Crippen LogP contribution < -0.4 is 0 Å². The third-order valence-corrected chi connectivity index (χ3v) is 6.11. The number of carbonyl (C=O) groups is 1. The molecule has 1 aliphatic carbocycles. The molecular formula is C18H16N2OS2. The summed E-state index contributed by atoms with van der Waals surface area (Å²) in [7, 11) is 0. The lowest BCUT2D eigenvalue weighted by atomic mass is 9.93. The van der Waals surface area contributed by atoms with E-state index >= 15 is 0 Å². The molecule has 0 saturated heterocycles. The van der Waals surface area contributed by atoms with Gasteiger partial charge in [0.2, 0.25) is 0 Å².